The highest BCUT2D eigenvalue weighted by molar-refractivity contribution is 5.93. The molecule has 3 amide bonds. The van der Waals surface area contributed by atoms with Crippen molar-refractivity contribution in [2.75, 3.05) is 25.4 Å². The molecule has 11 nitrogen and oxygen atoms in total. The summed E-state index contributed by atoms with van der Waals surface area (Å²) >= 11 is 0. The van der Waals surface area contributed by atoms with Crippen molar-refractivity contribution in [3.63, 3.8) is 0 Å². The number of fused-ring (bicyclic) bond motifs is 5. The first-order valence-electron chi connectivity index (χ1n) is 12.0. The molecule has 1 aliphatic heterocycles. The number of nitrogens with one attached hydrogen (secondary N) is 3. The maximum atomic E-state index is 13.2. The van der Waals surface area contributed by atoms with Crippen molar-refractivity contribution >= 4 is 23.4 Å². The normalized spacial score (nSPS) is 20.5. The first-order chi connectivity index (χ1) is 17.2. The van der Waals surface area contributed by atoms with Crippen LogP contribution in [0.2, 0.25) is 0 Å². The van der Waals surface area contributed by atoms with Crippen LogP contribution in [0.3, 0.4) is 0 Å². The largest absolute Gasteiger partial charge is 0.508 e. The molecule has 3 rings (SSSR count). The van der Waals surface area contributed by atoms with Crippen LogP contribution in [0.1, 0.15) is 24.0 Å². The average Bonchev–Trinajstić information content (AvgIpc) is 2.86. The van der Waals surface area contributed by atoms with Gasteiger partial charge in [-0.3, -0.25) is 14.4 Å². The van der Waals surface area contributed by atoms with Gasteiger partial charge in [-0.2, -0.15) is 0 Å². The Labute approximate surface area is 210 Å². The summed E-state index contributed by atoms with van der Waals surface area (Å²) in [4.78, 5) is 39.1. The molecule has 12 N–H and O–H groups in total. The lowest BCUT2D eigenvalue weighted by Crippen LogP contribution is -2.56. The van der Waals surface area contributed by atoms with E-state index in [2.05, 4.69) is 16.0 Å². The molecule has 1 aliphatic rings. The molecule has 0 unspecified atom stereocenters. The van der Waals surface area contributed by atoms with Gasteiger partial charge in [0, 0.05) is 31.6 Å². The Morgan fingerprint density at radius 2 is 1.67 bits per heavy atom. The Hall–Kier alpha value is -3.67. The second-order valence-corrected chi connectivity index (χ2v) is 8.90. The molecule has 0 aliphatic carbocycles. The van der Waals surface area contributed by atoms with Gasteiger partial charge in [0.2, 0.25) is 17.7 Å². The first-order valence-corrected chi connectivity index (χ1v) is 12.0. The van der Waals surface area contributed by atoms with E-state index in [1.54, 1.807) is 24.3 Å². The molecule has 1 heterocycles. The van der Waals surface area contributed by atoms with Crippen LogP contribution < -0.4 is 38.9 Å². The highest BCUT2D eigenvalue weighted by Crippen LogP contribution is 2.29. The fourth-order valence-corrected chi connectivity index (χ4v) is 4.11. The molecule has 0 fully saturated rings. The van der Waals surface area contributed by atoms with Gasteiger partial charge in [-0.1, -0.05) is 12.1 Å². The smallest absolute Gasteiger partial charge is 0.243 e. The van der Waals surface area contributed by atoms with E-state index < -0.39 is 35.8 Å². The number of phenolic OH excluding ortho intramolecular Hbond substituents is 1. The van der Waals surface area contributed by atoms with Crippen LogP contribution >= 0.6 is 0 Å². The summed E-state index contributed by atoms with van der Waals surface area (Å²) in [6.45, 7) is 0.787. The number of benzene rings is 2. The van der Waals surface area contributed by atoms with Crippen LogP contribution in [0.5, 0.6) is 5.75 Å². The molecule has 0 saturated heterocycles. The molecular weight excluding hydrogens is 462 g/mol. The molecule has 3 atom stereocenters. The van der Waals surface area contributed by atoms with Gasteiger partial charge in [0.05, 0.1) is 6.04 Å². The Bertz CT molecular complexity index is 1110. The van der Waals surface area contributed by atoms with E-state index in [1.807, 2.05) is 12.1 Å². The fraction of sp³-hybridized carbons (Fsp3) is 0.400. The Morgan fingerprint density at radius 1 is 0.972 bits per heavy atom. The number of hydrogen-bond donors (Lipinski definition) is 8. The number of nitrogen functional groups attached to an aromatic ring is 1. The zero-order valence-corrected chi connectivity index (χ0v) is 20.1. The van der Waals surface area contributed by atoms with Gasteiger partial charge >= 0.3 is 0 Å². The van der Waals surface area contributed by atoms with Gasteiger partial charge in [-0.15, -0.1) is 0 Å². The highest BCUT2D eigenvalue weighted by atomic mass is 16.3. The molecule has 36 heavy (non-hydrogen) atoms. The first kappa shape index (κ1) is 26.9. The summed E-state index contributed by atoms with van der Waals surface area (Å²) in [5.74, 6) is -1.50. The Morgan fingerprint density at radius 3 is 2.36 bits per heavy atom. The second kappa shape index (κ2) is 12.3. The molecule has 2 aromatic rings. The van der Waals surface area contributed by atoms with Crippen molar-refractivity contribution in [3.05, 3.63) is 47.5 Å². The summed E-state index contributed by atoms with van der Waals surface area (Å²) in [6, 6.07) is 7.51. The third-order valence-corrected chi connectivity index (χ3v) is 6.16. The Kier molecular flexibility index (Phi) is 9.23. The summed E-state index contributed by atoms with van der Waals surface area (Å²) in [6.07, 6.45) is 0.901. The van der Waals surface area contributed by atoms with Crippen LogP contribution in [-0.4, -0.2) is 60.6 Å². The standard InChI is InChI=1S/C25H35N7O4/c26-7-1-2-20-25(36)32-21(24(35)30-9-8-27)13-16-10-14(3-5-18(16)28)15-4-6-22(33)17(11-15)12-19(29)23(34)31-20/h3-6,10-11,19-21,33H,1-2,7-9,12-13,26-29H2,(H,30,35)(H,31,34)(H,32,36)/t19-,20-,21-/m0/s1. The SMILES string of the molecule is NCCC[C@@H]1NC(=O)[C@@H](N)Cc2cc(ccc2O)-c2ccc(N)c(c2)C[C@@H](C(=O)NCCN)NC1=O. The van der Waals surface area contributed by atoms with E-state index >= 15 is 0 Å². The number of nitrogens with two attached hydrogens (primary N) is 4. The summed E-state index contributed by atoms with van der Waals surface area (Å²) in [7, 11) is 0. The minimum atomic E-state index is -1.02. The molecule has 0 aromatic heterocycles. The van der Waals surface area contributed by atoms with Crippen LogP contribution in [0.15, 0.2) is 36.4 Å². The van der Waals surface area contributed by atoms with Gasteiger partial charge in [0.1, 0.15) is 17.8 Å². The van der Waals surface area contributed by atoms with Crippen molar-refractivity contribution in [1.29, 1.82) is 0 Å². The maximum Gasteiger partial charge on any atom is 0.243 e. The van der Waals surface area contributed by atoms with Crippen molar-refractivity contribution in [3.8, 4) is 16.9 Å². The summed E-state index contributed by atoms with van der Waals surface area (Å²) < 4.78 is 0. The van der Waals surface area contributed by atoms with Crippen LogP contribution in [-0.2, 0) is 27.2 Å². The van der Waals surface area contributed by atoms with Crippen molar-refractivity contribution in [1.82, 2.24) is 16.0 Å². The lowest BCUT2D eigenvalue weighted by molar-refractivity contribution is -0.132. The van der Waals surface area contributed by atoms with Crippen LogP contribution in [0.25, 0.3) is 11.1 Å². The predicted octanol–water partition coefficient (Wildman–Crippen LogP) is -1.15. The van der Waals surface area contributed by atoms with E-state index in [4.69, 9.17) is 22.9 Å². The minimum Gasteiger partial charge on any atom is -0.508 e. The number of anilines is 1. The van der Waals surface area contributed by atoms with Gasteiger partial charge in [-0.25, -0.2) is 0 Å². The minimum absolute atomic E-state index is 0.0102. The van der Waals surface area contributed by atoms with E-state index in [9.17, 15) is 19.5 Å². The number of rotatable bonds is 6. The number of aromatic hydroxyl groups is 1. The van der Waals surface area contributed by atoms with Crippen LogP contribution in [0, 0.1) is 0 Å². The van der Waals surface area contributed by atoms with Gasteiger partial charge in [0.25, 0.3) is 0 Å². The van der Waals surface area contributed by atoms with E-state index in [-0.39, 0.29) is 38.1 Å². The van der Waals surface area contributed by atoms with Gasteiger partial charge < -0.3 is 44.0 Å². The van der Waals surface area contributed by atoms with Crippen molar-refractivity contribution in [2.24, 2.45) is 17.2 Å². The lowest BCUT2D eigenvalue weighted by Gasteiger charge is -2.24. The van der Waals surface area contributed by atoms with E-state index in [1.165, 1.54) is 0 Å². The van der Waals surface area contributed by atoms with Crippen molar-refractivity contribution < 1.29 is 19.5 Å². The molecule has 11 heteroatoms. The third-order valence-electron chi connectivity index (χ3n) is 6.16. The summed E-state index contributed by atoms with van der Waals surface area (Å²) in [5, 5.41) is 18.5. The van der Waals surface area contributed by atoms with Crippen LogP contribution in [0.4, 0.5) is 5.69 Å². The highest BCUT2D eigenvalue weighted by Gasteiger charge is 2.29. The monoisotopic (exact) mass is 497 g/mol. The molecule has 194 valence electrons. The lowest BCUT2D eigenvalue weighted by atomic mass is 9.95. The number of phenols is 1. The molecule has 2 aromatic carbocycles. The second-order valence-electron chi connectivity index (χ2n) is 8.90. The summed E-state index contributed by atoms with van der Waals surface area (Å²) in [5.41, 5.74) is 26.7. The quantitative estimate of drug-likeness (QED) is 0.228. The third kappa shape index (κ3) is 6.72. The average molecular weight is 498 g/mol. The van der Waals surface area contributed by atoms with Crippen molar-refractivity contribution in [2.45, 2.75) is 43.8 Å². The Balaban J connectivity index is 2.08. The number of hydrogen-bond acceptors (Lipinski definition) is 8. The predicted molar refractivity (Wildman–Crippen MR) is 138 cm³/mol. The molecule has 0 spiro atoms. The molecule has 0 radical (unpaired) electrons. The maximum absolute atomic E-state index is 13.2. The number of carbonyl (C=O) groups excluding carboxylic acids is 3. The van der Waals surface area contributed by atoms with E-state index in [0.717, 1.165) is 11.1 Å². The molecular formula is C25H35N7O4. The number of amides is 3. The zero-order valence-electron chi connectivity index (χ0n) is 20.1. The topological polar surface area (TPSA) is 212 Å². The number of carbonyl (C=O) groups is 3. The molecule has 0 saturated carbocycles. The van der Waals surface area contributed by atoms with E-state index in [0.29, 0.717) is 29.8 Å². The molecule has 4 bridgehead atoms. The van der Waals surface area contributed by atoms with Gasteiger partial charge in [-0.05, 0) is 65.9 Å². The van der Waals surface area contributed by atoms with Gasteiger partial charge in [0.15, 0.2) is 0 Å². The fourth-order valence-electron chi connectivity index (χ4n) is 4.11. The zero-order chi connectivity index (χ0) is 26.2.